The second-order valence-electron chi connectivity index (χ2n) is 10.1. The van der Waals surface area contributed by atoms with Gasteiger partial charge in [0.25, 0.3) is 0 Å². The fourth-order valence-corrected chi connectivity index (χ4v) is 6.12. The number of rotatable bonds is 6. The number of ether oxygens (including phenoxy) is 2. The number of benzene rings is 1. The van der Waals surface area contributed by atoms with E-state index in [0.717, 1.165) is 57.3 Å². The minimum atomic E-state index is -4.99. The van der Waals surface area contributed by atoms with Gasteiger partial charge in [0.2, 0.25) is 0 Å². The molecule has 1 aromatic carbocycles. The molecule has 3 fully saturated rings. The number of amides is 1. The Morgan fingerprint density at radius 1 is 1.08 bits per heavy atom. The lowest BCUT2D eigenvalue weighted by molar-refractivity contribution is -0.296. The summed E-state index contributed by atoms with van der Waals surface area (Å²) in [5.74, 6) is -0.270. The summed E-state index contributed by atoms with van der Waals surface area (Å²) in [4.78, 5) is 15.6. The molecule has 1 aliphatic heterocycles. The van der Waals surface area contributed by atoms with Crippen LogP contribution in [0.4, 0.5) is 22.4 Å². The van der Waals surface area contributed by atoms with Gasteiger partial charge in [-0.1, -0.05) is 6.42 Å². The lowest BCUT2D eigenvalue weighted by Crippen LogP contribution is -2.61. The van der Waals surface area contributed by atoms with E-state index in [1.165, 1.54) is 17.0 Å². The summed E-state index contributed by atoms with van der Waals surface area (Å²) in [6.45, 7) is 1.58. The molecular weight excluding hydrogens is 504 g/mol. The first kappa shape index (κ1) is 27.0. The van der Waals surface area contributed by atoms with E-state index in [1.54, 1.807) is 0 Å². The fourth-order valence-electron chi connectivity index (χ4n) is 5.49. The maximum absolute atomic E-state index is 14.3. The number of nitrogens with zero attached hydrogens (tertiary/aromatic N) is 2. The highest BCUT2D eigenvalue weighted by molar-refractivity contribution is 7.90. The number of sulfone groups is 1. The number of carbonyl (C=O) groups excluding carboxylic acids is 1. The van der Waals surface area contributed by atoms with Crippen LogP contribution in [0.15, 0.2) is 23.1 Å². The Morgan fingerprint density at radius 3 is 2.33 bits per heavy atom. The van der Waals surface area contributed by atoms with Gasteiger partial charge in [-0.25, -0.2) is 17.6 Å². The van der Waals surface area contributed by atoms with Gasteiger partial charge in [-0.05, 0) is 68.6 Å². The number of hydrogen-bond donors (Lipinski definition) is 0. The summed E-state index contributed by atoms with van der Waals surface area (Å²) in [5, 5.41) is 0. The maximum atomic E-state index is 14.3. The van der Waals surface area contributed by atoms with E-state index in [1.807, 2.05) is 0 Å². The minimum Gasteiger partial charge on any atom is -0.490 e. The lowest BCUT2D eigenvalue weighted by Gasteiger charge is -2.49. The average Bonchev–Trinajstić information content (AvgIpc) is 2.75. The van der Waals surface area contributed by atoms with Crippen LogP contribution in [0.3, 0.4) is 0 Å². The molecule has 1 unspecified atom stereocenters. The van der Waals surface area contributed by atoms with Crippen molar-refractivity contribution in [1.82, 2.24) is 9.80 Å². The standard InChI is InChI=1S/C24H32F4N2O5S/c1-36(32,33)19-9-10-22(20(25)13-19)34-15-16-5-7-18(8-6-16)29-11-12-30(23(31)35-24(26,27)28)21(14-29)17-3-2-4-17/h9-10,13,16-18,21H,2-8,11-12,14-15H2,1H3. The van der Waals surface area contributed by atoms with E-state index in [2.05, 4.69) is 9.64 Å². The van der Waals surface area contributed by atoms with Gasteiger partial charge in [0.1, 0.15) is 0 Å². The van der Waals surface area contributed by atoms with Crippen LogP contribution in [0.5, 0.6) is 5.75 Å². The summed E-state index contributed by atoms with van der Waals surface area (Å²) in [5.41, 5.74) is 0. The summed E-state index contributed by atoms with van der Waals surface area (Å²) in [7, 11) is -3.50. The van der Waals surface area contributed by atoms with Gasteiger partial charge in [0.15, 0.2) is 21.4 Å². The van der Waals surface area contributed by atoms with Crippen molar-refractivity contribution in [3.05, 3.63) is 24.0 Å². The van der Waals surface area contributed by atoms with Gasteiger partial charge in [0.05, 0.1) is 17.5 Å². The molecule has 1 amide bonds. The minimum absolute atomic E-state index is 0.0229. The number of alkyl halides is 3. The Kier molecular flexibility index (Phi) is 8.04. The molecule has 1 heterocycles. The molecule has 2 saturated carbocycles. The topological polar surface area (TPSA) is 76.2 Å². The van der Waals surface area contributed by atoms with Crippen molar-refractivity contribution >= 4 is 15.9 Å². The Labute approximate surface area is 208 Å². The molecule has 36 heavy (non-hydrogen) atoms. The third-order valence-corrected chi connectivity index (χ3v) is 8.83. The van der Waals surface area contributed by atoms with E-state index in [0.29, 0.717) is 19.7 Å². The van der Waals surface area contributed by atoms with Crippen LogP contribution in [0.2, 0.25) is 0 Å². The van der Waals surface area contributed by atoms with Gasteiger partial charge in [-0.15, -0.1) is 13.2 Å². The number of hydrogen-bond acceptors (Lipinski definition) is 6. The zero-order chi connectivity index (χ0) is 26.1. The summed E-state index contributed by atoms with van der Waals surface area (Å²) < 4.78 is 84.6. The van der Waals surface area contributed by atoms with Gasteiger partial charge in [-0.3, -0.25) is 4.90 Å². The largest absolute Gasteiger partial charge is 0.576 e. The van der Waals surface area contributed by atoms with Crippen LogP contribution in [0, 0.1) is 17.7 Å². The Morgan fingerprint density at radius 2 is 1.78 bits per heavy atom. The zero-order valence-electron chi connectivity index (χ0n) is 20.2. The van der Waals surface area contributed by atoms with Crippen molar-refractivity contribution in [3.8, 4) is 5.75 Å². The Hall–Kier alpha value is -2.08. The summed E-state index contributed by atoms with van der Waals surface area (Å²) >= 11 is 0. The van der Waals surface area contributed by atoms with Gasteiger partial charge < -0.3 is 14.4 Å². The quantitative estimate of drug-likeness (QED) is 0.495. The molecule has 4 rings (SSSR count). The Balaban J connectivity index is 1.28. The predicted octanol–water partition coefficient (Wildman–Crippen LogP) is 4.61. The molecule has 7 nitrogen and oxygen atoms in total. The van der Waals surface area contributed by atoms with E-state index in [4.69, 9.17) is 4.74 Å². The molecule has 0 bridgehead atoms. The normalized spacial score (nSPS) is 26.4. The van der Waals surface area contributed by atoms with Crippen LogP contribution >= 0.6 is 0 Å². The molecule has 1 saturated heterocycles. The first-order chi connectivity index (χ1) is 16.9. The molecule has 2 aliphatic carbocycles. The summed E-state index contributed by atoms with van der Waals surface area (Å²) in [6.07, 6.45) is 1.03. The average molecular weight is 537 g/mol. The van der Waals surface area contributed by atoms with Crippen LogP contribution in [0.1, 0.15) is 44.9 Å². The summed E-state index contributed by atoms with van der Waals surface area (Å²) in [6, 6.07) is 3.62. The highest BCUT2D eigenvalue weighted by Crippen LogP contribution is 2.37. The van der Waals surface area contributed by atoms with Crippen molar-refractivity contribution in [2.75, 3.05) is 32.5 Å². The highest BCUT2D eigenvalue weighted by Gasteiger charge is 2.44. The maximum Gasteiger partial charge on any atom is 0.576 e. The van der Waals surface area contributed by atoms with Crippen LogP contribution in [-0.2, 0) is 14.6 Å². The number of carbonyl (C=O) groups is 1. The van der Waals surface area contributed by atoms with Gasteiger partial charge >= 0.3 is 12.5 Å². The third kappa shape index (κ3) is 6.62. The first-order valence-electron chi connectivity index (χ1n) is 12.3. The first-order valence-corrected chi connectivity index (χ1v) is 14.2. The molecule has 3 aliphatic rings. The van der Waals surface area contributed by atoms with Crippen molar-refractivity contribution in [2.45, 2.75) is 68.3 Å². The zero-order valence-corrected chi connectivity index (χ0v) is 21.0. The van der Waals surface area contributed by atoms with E-state index in [-0.39, 0.29) is 41.1 Å². The van der Waals surface area contributed by atoms with Gasteiger partial charge in [0, 0.05) is 31.9 Å². The van der Waals surface area contributed by atoms with E-state index < -0.39 is 28.1 Å². The predicted molar refractivity (Wildman–Crippen MR) is 123 cm³/mol. The molecule has 0 radical (unpaired) electrons. The second-order valence-corrected chi connectivity index (χ2v) is 12.1. The Bertz CT molecular complexity index is 1040. The molecular formula is C24H32F4N2O5S. The van der Waals surface area contributed by atoms with Crippen LogP contribution < -0.4 is 4.74 Å². The SMILES string of the molecule is CS(=O)(=O)c1ccc(OCC2CCC(N3CCN(C(=O)OC(F)(F)F)C(C4CCC4)C3)CC2)c(F)c1. The molecule has 0 spiro atoms. The van der Waals surface area contributed by atoms with Crippen molar-refractivity contribution in [3.63, 3.8) is 0 Å². The van der Waals surface area contributed by atoms with E-state index in [9.17, 15) is 30.8 Å². The van der Waals surface area contributed by atoms with E-state index >= 15 is 0 Å². The van der Waals surface area contributed by atoms with Crippen LogP contribution in [0.25, 0.3) is 0 Å². The monoisotopic (exact) mass is 536 g/mol. The third-order valence-electron chi connectivity index (χ3n) is 7.72. The molecule has 0 aromatic heterocycles. The lowest BCUT2D eigenvalue weighted by atomic mass is 9.77. The number of piperazine rings is 1. The van der Waals surface area contributed by atoms with Crippen LogP contribution in [-0.4, -0.2) is 75.3 Å². The second kappa shape index (κ2) is 10.7. The molecule has 202 valence electrons. The van der Waals surface area contributed by atoms with Crippen molar-refractivity contribution in [2.24, 2.45) is 11.8 Å². The number of halogens is 4. The van der Waals surface area contributed by atoms with Gasteiger partial charge in [-0.2, -0.15) is 0 Å². The molecule has 1 aromatic rings. The van der Waals surface area contributed by atoms with Crippen molar-refractivity contribution < 1.29 is 40.2 Å². The fraction of sp³-hybridized carbons (Fsp3) is 0.708. The molecule has 1 atom stereocenters. The molecule has 12 heteroatoms. The highest BCUT2D eigenvalue weighted by atomic mass is 32.2. The van der Waals surface area contributed by atoms with Crippen molar-refractivity contribution in [1.29, 1.82) is 0 Å². The molecule has 0 N–H and O–H groups in total. The smallest absolute Gasteiger partial charge is 0.490 e.